The highest BCUT2D eigenvalue weighted by atomic mass is 16.6. The Bertz CT molecular complexity index is 1860. The molecule has 8 rings (SSSR count). The molecule has 11 heteroatoms. The van der Waals surface area contributed by atoms with E-state index >= 15 is 0 Å². The second-order valence-electron chi connectivity index (χ2n) is 11.0. The lowest BCUT2D eigenvalue weighted by molar-refractivity contribution is -0.393. The molecule has 1 heterocycles. The number of nitro benzene ring substituents is 2. The van der Waals surface area contributed by atoms with Crippen molar-refractivity contribution in [3.05, 3.63) is 139 Å². The monoisotopic (exact) mass is 573 g/mol. The molecule has 0 spiro atoms. The van der Waals surface area contributed by atoms with E-state index < -0.39 is 38.5 Å². The standard InChI is InChI=1S/C32H23N5O6/c1-18-10-12-19(13-11-18)35-30(38)28-27-21-6-2-4-8-23(21)32(29(28)31(35)39,24-9-5-3-7-22(24)27)17-33-34-25-15-14-20(36(40)41)16-26(25)37(42)43/h2-17,27-29,34H,1H3/b33-17-/t27?,28-,29+,32?/m1/s1. The molecule has 0 aromatic heterocycles. The number of hydrogen-bond acceptors (Lipinski definition) is 8. The lowest BCUT2D eigenvalue weighted by atomic mass is 9.47. The number of imide groups is 1. The molecular formula is C32H23N5O6. The van der Waals surface area contributed by atoms with Gasteiger partial charge in [-0.25, -0.2) is 4.90 Å². The molecule has 1 fully saturated rings. The van der Waals surface area contributed by atoms with Crippen LogP contribution in [0.15, 0.2) is 96.1 Å². The molecule has 2 bridgehead atoms. The molecule has 0 radical (unpaired) electrons. The molecule has 4 aliphatic rings. The molecule has 0 saturated carbocycles. The summed E-state index contributed by atoms with van der Waals surface area (Å²) in [5.41, 5.74) is 5.50. The number of hydrogen-bond donors (Lipinski definition) is 1. The Morgan fingerprint density at radius 2 is 1.47 bits per heavy atom. The number of hydrazone groups is 1. The van der Waals surface area contributed by atoms with Gasteiger partial charge in [0.05, 0.1) is 38.9 Å². The molecule has 0 unspecified atom stereocenters. The lowest BCUT2D eigenvalue weighted by Gasteiger charge is -2.52. The minimum absolute atomic E-state index is 0.0547. The third kappa shape index (κ3) is 3.64. The van der Waals surface area contributed by atoms with E-state index in [4.69, 9.17) is 0 Å². The number of amides is 2. The summed E-state index contributed by atoms with van der Waals surface area (Å²) in [5.74, 6) is -2.50. The van der Waals surface area contributed by atoms with E-state index in [2.05, 4.69) is 10.5 Å². The van der Waals surface area contributed by atoms with Crippen LogP contribution in [0, 0.1) is 39.0 Å². The second-order valence-corrected chi connectivity index (χ2v) is 11.0. The normalized spacial score (nSPS) is 23.2. The summed E-state index contributed by atoms with van der Waals surface area (Å²) in [6.45, 7) is 1.93. The highest BCUT2D eigenvalue weighted by Crippen LogP contribution is 2.63. The van der Waals surface area contributed by atoms with E-state index in [-0.39, 0.29) is 23.4 Å². The Labute approximate surface area is 244 Å². The molecule has 1 saturated heterocycles. The summed E-state index contributed by atoms with van der Waals surface area (Å²) in [5, 5.41) is 27.4. The van der Waals surface area contributed by atoms with Gasteiger partial charge in [0, 0.05) is 18.2 Å². The fourth-order valence-corrected chi connectivity index (χ4v) is 7.08. The van der Waals surface area contributed by atoms with Gasteiger partial charge in [0.15, 0.2) is 0 Å². The SMILES string of the molecule is Cc1ccc(N2C(=O)[C@@H]3C4c5ccccc5C(/C=N\Nc5ccc([N+](=O)[O-])cc5[N+](=O)[O-])(c5ccccc54)[C@@H]3C2=O)cc1. The number of carbonyl (C=O) groups is 2. The zero-order valence-corrected chi connectivity index (χ0v) is 22.7. The molecule has 43 heavy (non-hydrogen) atoms. The van der Waals surface area contributed by atoms with E-state index in [0.29, 0.717) is 5.69 Å². The Balaban J connectivity index is 1.41. The van der Waals surface area contributed by atoms with Gasteiger partial charge in [-0.3, -0.25) is 35.2 Å². The lowest BCUT2D eigenvalue weighted by Crippen LogP contribution is -2.54. The minimum atomic E-state index is -1.18. The largest absolute Gasteiger partial charge is 0.301 e. The van der Waals surface area contributed by atoms with Crippen molar-refractivity contribution in [1.29, 1.82) is 0 Å². The molecule has 212 valence electrons. The average Bonchev–Trinajstić information content (AvgIpc) is 3.28. The first-order valence-electron chi connectivity index (χ1n) is 13.6. The number of nitro groups is 2. The van der Waals surface area contributed by atoms with Crippen LogP contribution in [0.5, 0.6) is 0 Å². The van der Waals surface area contributed by atoms with Gasteiger partial charge in [0.2, 0.25) is 11.8 Å². The topological polar surface area (TPSA) is 148 Å². The van der Waals surface area contributed by atoms with Crippen LogP contribution >= 0.6 is 0 Å². The summed E-state index contributed by atoms with van der Waals surface area (Å²) < 4.78 is 0. The zero-order chi connectivity index (χ0) is 30.0. The molecule has 11 nitrogen and oxygen atoms in total. The van der Waals surface area contributed by atoms with Crippen LogP contribution in [0.2, 0.25) is 0 Å². The van der Waals surface area contributed by atoms with Crippen LogP contribution in [0.4, 0.5) is 22.7 Å². The molecule has 1 N–H and O–H groups in total. The molecule has 1 aliphatic heterocycles. The third-order valence-corrected chi connectivity index (χ3v) is 8.82. The second kappa shape index (κ2) is 9.41. The summed E-state index contributed by atoms with van der Waals surface area (Å²) >= 11 is 0. The molecule has 4 aromatic rings. The Hall–Kier alpha value is -5.71. The molecular weight excluding hydrogens is 550 g/mol. The first-order chi connectivity index (χ1) is 20.7. The molecule has 2 atom stereocenters. The van der Waals surface area contributed by atoms with Crippen molar-refractivity contribution in [3.63, 3.8) is 0 Å². The number of anilines is 2. The maximum Gasteiger partial charge on any atom is 0.301 e. The molecule has 4 aromatic carbocycles. The van der Waals surface area contributed by atoms with Gasteiger partial charge >= 0.3 is 5.69 Å². The van der Waals surface area contributed by atoms with Gasteiger partial charge in [-0.05, 0) is 47.4 Å². The molecule has 3 aliphatic carbocycles. The number of nitrogens with one attached hydrogen (secondary N) is 1. The van der Waals surface area contributed by atoms with Crippen molar-refractivity contribution < 1.29 is 19.4 Å². The predicted octanol–water partition coefficient (Wildman–Crippen LogP) is 5.46. The van der Waals surface area contributed by atoms with Crippen molar-refractivity contribution in [1.82, 2.24) is 0 Å². The van der Waals surface area contributed by atoms with Crippen LogP contribution in [0.25, 0.3) is 0 Å². The van der Waals surface area contributed by atoms with Gasteiger partial charge < -0.3 is 0 Å². The van der Waals surface area contributed by atoms with Crippen LogP contribution in [0.3, 0.4) is 0 Å². The fraction of sp³-hybridized carbons (Fsp3) is 0.156. The van der Waals surface area contributed by atoms with E-state index in [9.17, 15) is 29.8 Å². The van der Waals surface area contributed by atoms with E-state index in [1.165, 1.54) is 11.0 Å². The third-order valence-electron chi connectivity index (χ3n) is 8.82. The van der Waals surface area contributed by atoms with Crippen molar-refractivity contribution in [2.45, 2.75) is 18.3 Å². The Morgan fingerprint density at radius 1 is 0.837 bits per heavy atom. The van der Waals surface area contributed by atoms with Crippen LogP contribution in [-0.4, -0.2) is 27.9 Å². The maximum absolute atomic E-state index is 14.4. The minimum Gasteiger partial charge on any atom is -0.274 e. The van der Waals surface area contributed by atoms with Crippen molar-refractivity contribution in [2.24, 2.45) is 16.9 Å². The summed E-state index contributed by atoms with van der Waals surface area (Å²) in [6.07, 6.45) is 1.56. The first kappa shape index (κ1) is 26.2. The number of rotatable bonds is 6. The van der Waals surface area contributed by atoms with Crippen LogP contribution in [-0.2, 0) is 15.0 Å². The van der Waals surface area contributed by atoms with Crippen molar-refractivity contribution in [2.75, 3.05) is 10.3 Å². The highest BCUT2D eigenvalue weighted by Gasteiger charge is 2.68. The Morgan fingerprint density at radius 3 is 2.07 bits per heavy atom. The number of non-ortho nitro benzene ring substituents is 1. The van der Waals surface area contributed by atoms with Gasteiger partial charge in [0.25, 0.3) is 5.69 Å². The Kier molecular flexibility index (Phi) is 5.74. The van der Waals surface area contributed by atoms with Gasteiger partial charge in [0.1, 0.15) is 5.69 Å². The van der Waals surface area contributed by atoms with E-state index in [1.54, 1.807) is 18.3 Å². The van der Waals surface area contributed by atoms with Crippen LogP contribution < -0.4 is 10.3 Å². The van der Waals surface area contributed by atoms with Crippen molar-refractivity contribution >= 4 is 40.8 Å². The smallest absolute Gasteiger partial charge is 0.274 e. The van der Waals surface area contributed by atoms with Crippen molar-refractivity contribution in [3.8, 4) is 0 Å². The highest BCUT2D eigenvalue weighted by molar-refractivity contribution is 6.25. The number of carbonyl (C=O) groups excluding carboxylic acids is 2. The summed E-state index contributed by atoms with van der Waals surface area (Å²) in [7, 11) is 0. The number of aryl methyl sites for hydroxylation is 1. The van der Waals surface area contributed by atoms with E-state index in [0.717, 1.165) is 39.9 Å². The predicted molar refractivity (Wildman–Crippen MR) is 158 cm³/mol. The zero-order valence-electron chi connectivity index (χ0n) is 22.7. The first-order valence-corrected chi connectivity index (χ1v) is 13.6. The number of nitrogens with zero attached hydrogens (tertiary/aromatic N) is 4. The van der Waals surface area contributed by atoms with Crippen LogP contribution in [0.1, 0.15) is 33.7 Å². The van der Waals surface area contributed by atoms with Gasteiger partial charge in [-0.2, -0.15) is 5.10 Å². The molecule has 2 amide bonds. The maximum atomic E-state index is 14.4. The van der Waals surface area contributed by atoms with Gasteiger partial charge in [-0.15, -0.1) is 0 Å². The average molecular weight is 574 g/mol. The summed E-state index contributed by atoms with van der Waals surface area (Å²) in [4.78, 5) is 51.4. The fourth-order valence-electron chi connectivity index (χ4n) is 7.08. The van der Waals surface area contributed by atoms with E-state index in [1.807, 2.05) is 67.6 Å². The van der Waals surface area contributed by atoms with Gasteiger partial charge in [-0.1, -0.05) is 66.2 Å². The summed E-state index contributed by atoms with van der Waals surface area (Å²) in [6, 6.07) is 25.8. The quantitative estimate of drug-likeness (QED) is 0.139. The number of benzene rings is 4.